The van der Waals surface area contributed by atoms with Crippen LogP contribution < -0.4 is 4.74 Å². The molecule has 0 spiro atoms. The number of aromatic hydroxyl groups is 1. The first-order valence-corrected chi connectivity index (χ1v) is 12.4. The third-order valence-electron chi connectivity index (χ3n) is 6.19. The van der Waals surface area contributed by atoms with Crippen LogP contribution in [0.3, 0.4) is 0 Å². The fourth-order valence-electron chi connectivity index (χ4n) is 4.03. The molecule has 0 saturated carbocycles. The van der Waals surface area contributed by atoms with Crippen LogP contribution in [0.2, 0.25) is 0 Å². The van der Waals surface area contributed by atoms with Gasteiger partial charge in [-0.25, -0.2) is 0 Å². The maximum absolute atomic E-state index is 10.2. The highest BCUT2D eigenvalue weighted by molar-refractivity contribution is 5.42. The summed E-state index contributed by atoms with van der Waals surface area (Å²) in [5.41, 5.74) is 3.54. The van der Waals surface area contributed by atoms with Crippen molar-refractivity contribution in [1.82, 2.24) is 4.98 Å². The van der Waals surface area contributed by atoms with Crippen molar-refractivity contribution in [1.29, 1.82) is 0 Å². The van der Waals surface area contributed by atoms with Crippen LogP contribution in [-0.4, -0.2) is 28.4 Å². The highest BCUT2D eigenvalue weighted by Gasteiger charge is 2.10. The van der Waals surface area contributed by atoms with Gasteiger partial charge >= 0.3 is 0 Å². The molecule has 3 aromatic rings. The number of hydrogen-bond donors (Lipinski definition) is 3. The van der Waals surface area contributed by atoms with E-state index in [-0.39, 0.29) is 12.4 Å². The van der Waals surface area contributed by atoms with Gasteiger partial charge in [0.25, 0.3) is 0 Å². The minimum atomic E-state index is 0.170. The molecule has 0 bridgehead atoms. The van der Waals surface area contributed by atoms with Crippen LogP contribution in [0.1, 0.15) is 80.2 Å². The highest BCUT2D eigenvalue weighted by atomic mass is 16.5. The predicted molar refractivity (Wildman–Crippen MR) is 132 cm³/mol. The number of hydrogen-bond acceptors (Lipinski definition) is 4. The lowest BCUT2D eigenvalue weighted by atomic mass is 9.97. The molecule has 0 radical (unpaired) electrons. The van der Waals surface area contributed by atoms with E-state index >= 15 is 0 Å². The Morgan fingerprint density at radius 2 is 1.79 bits per heavy atom. The molecule has 5 nitrogen and oxygen atoms in total. The van der Waals surface area contributed by atoms with Crippen LogP contribution in [-0.2, 0) is 25.7 Å². The van der Waals surface area contributed by atoms with E-state index in [0.29, 0.717) is 18.3 Å². The summed E-state index contributed by atoms with van der Waals surface area (Å²) >= 11 is 0. The number of H-pyrrole nitrogens is 1. The van der Waals surface area contributed by atoms with Gasteiger partial charge in [0.05, 0.1) is 6.61 Å². The molecular formula is C28H39NO4. The zero-order chi connectivity index (χ0) is 23.5. The van der Waals surface area contributed by atoms with Gasteiger partial charge in [-0.05, 0) is 73.1 Å². The first kappa shape index (κ1) is 25.0. The molecule has 180 valence electrons. The molecule has 1 aromatic carbocycles. The Morgan fingerprint density at radius 1 is 0.970 bits per heavy atom. The average Bonchev–Trinajstić information content (AvgIpc) is 3.48. The quantitative estimate of drug-likeness (QED) is 0.235. The van der Waals surface area contributed by atoms with Crippen molar-refractivity contribution in [3.05, 3.63) is 70.9 Å². The van der Waals surface area contributed by atoms with E-state index in [2.05, 4.69) is 43.2 Å². The summed E-state index contributed by atoms with van der Waals surface area (Å²) in [5, 5.41) is 19.2. The molecule has 2 aromatic heterocycles. The van der Waals surface area contributed by atoms with Gasteiger partial charge in [-0.15, -0.1) is 0 Å². The highest BCUT2D eigenvalue weighted by Crippen LogP contribution is 2.28. The molecule has 3 rings (SSSR count). The van der Waals surface area contributed by atoms with Crippen LogP contribution in [0.25, 0.3) is 0 Å². The molecule has 1 atom stereocenters. The second-order valence-electron chi connectivity index (χ2n) is 8.95. The van der Waals surface area contributed by atoms with E-state index in [1.807, 2.05) is 12.1 Å². The minimum absolute atomic E-state index is 0.170. The third kappa shape index (κ3) is 8.01. The summed E-state index contributed by atoms with van der Waals surface area (Å²) < 4.78 is 11.8. The number of aromatic nitrogens is 1. The molecule has 0 aliphatic rings. The van der Waals surface area contributed by atoms with Crippen molar-refractivity contribution in [2.75, 3.05) is 13.2 Å². The van der Waals surface area contributed by atoms with E-state index < -0.39 is 0 Å². The molecule has 3 N–H and O–H groups in total. The number of unbranched alkanes of at least 4 members (excludes halogenated alkanes) is 2. The first-order valence-electron chi connectivity index (χ1n) is 12.4. The number of furan rings is 1. The van der Waals surface area contributed by atoms with Crippen molar-refractivity contribution in [3.63, 3.8) is 0 Å². The fourth-order valence-corrected chi connectivity index (χ4v) is 4.03. The number of ether oxygens (including phenoxy) is 1. The second-order valence-corrected chi connectivity index (χ2v) is 8.95. The van der Waals surface area contributed by atoms with Crippen LogP contribution >= 0.6 is 0 Å². The van der Waals surface area contributed by atoms with Gasteiger partial charge in [-0.1, -0.05) is 32.8 Å². The molecule has 2 heterocycles. The lowest BCUT2D eigenvalue weighted by Crippen LogP contribution is -2.02. The van der Waals surface area contributed by atoms with Crippen molar-refractivity contribution >= 4 is 0 Å². The fraction of sp³-hybridized carbons (Fsp3) is 0.500. The van der Waals surface area contributed by atoms with Crippen molar-refractivity contribution in [3.8, 4) is 11.5 Å². The summed E-state index contributed by atoms with van der Waals surface area (Å²) in [6, 6.07) is 11.9. The van der Waals surface area contributed by atoms with Gasteiger partial charge in [-0.3, -0.25) is 0 Å². The molecule has 0 aliphatic heterocycles. The predicted octanol–water partition coefficient (Wildman–Crippen LogP) is 6.33. The molecule has 5 heteroatoms. The van der Waals surface area contributed by atoms with E-state index in [9.17, 15) is 5.11 Å². The van der Waals surface area contributed by atoms with Crippen LogP contribution in [0.15, 0.2) is 47.0 Å². The number of aliphatic hydroxyl groups is 1. The van der Waals surface area contributed by atoms with Gasteiger partial charge in [0.15, 0.2) is 11.5 Å². The molecule has 0 unspecified atom stereocenters. The van der Waals surface area contributed by atoms with Crippen LogP contribution in [0.5, 0.6) is 11.5 Å². The summed E-state index contributed by atoms with van der Waals surface area (Å²) in [6.45, 7) is 5.17. The molecule has 0 aliphatic carbocycles. The number of aromatic amines is 1. The number of benzene rings is 1. The zero-order valence-electron chi connectivity index (χ0n) is 20.1. The van der Waals surface area contributed by atoms with E-state index in [0.717, 1.165) is 74.1 Å². The Hall–Kier alpha value is -2.66. The second kappa shape index (κ2) is 13.1. The normalized spacial score (nSPS) is 12.2. The molecule has 0 saturated heterocycles. The molecule has 0 fully saturated rings. The molecular weight excluding hydrogens is 414 g/mol. The minimum Gasteiger partial charge on any atom is -0.504 e. The van der Waals surface area contributed by atoms with Crippen LogP contribution in [0.4, 0.5) is 0 Å². The monoisotopic (exact) mass is 453 g/mol. The lowest BCUT2D eigenvalue weighted by molar-refractivity contribution is 0.281. The Bertz CT molecular complexity index is 958. The van der Waals surface area contributed by atoms with Gasteiger partial charge in [-0.2, -0.15) is 0 Å². The maximum atomic E-state index is 10.2. The number of phenols is 1. The number of aryl methyl sites for hydroxylation is 3. The standard InChI is InChI=1S/C28H39NO4/c1-3-4-8-25-12-13-26(33-25)11-9-22-10-14-27(31)28(18-22)32-17-15-24-19-23(20-29-24)21(2)7-5-6-16-30/h10,12-14,18-21,29-31H,3-9,11,15-17H2,1-2H3/t21-/m1/s1. The third-order valence-corrected chi connectivity index (χ3v) is 6.19. The largest absolute Gasteiger partial charge is 0.504 e. The summed E-state index contributed by atoms with van der Waals surface area (Å²) in [6.07, 6.45) is 10.8. The van der Waals surface area contributed by atoms with Crippen LogP contribution in [0, 0.1) is 0 Å². The smallest absolute Gasteiger partial charge is 0.161 e. The summed E-state index contributed by atoms with van der Waals surface area (Å²) in [4.78, 5) is 3.34. The summed E-state index contributed by atoms with van der Waals surface area (Å²) in [7, 11) is 0. The van der Waals surface area contributed by atoms with Crippen molar-refractivity contribution < 1.29 is 19.4 Å². The number of rotatable bonds is 15. The SMILES string of the molecule is CCCCc1ccc(CCc2ccc(O)c(OCCc3cc([C@H](C)CCCCO)c[nH]3)c2)o1. The number of phenolic OH excluding ortho intramolecular Hbond substituents is 1. The van der Waals surface area contributed by atoms with Crippen molar-refractivity contribution in [2.24, 2.45) is 0 Å². The number of aliphatic hydroxyl groups excluding tert-OH is 1. The number of nitrogens with one attached hydrogen (secondary N) is 1. The molecule has 33 heavy (non-hydrogen) atoms. The van der Waals surface area contributed by atoms with Gasteiger partial charge < -0.3 is 24.4 Å². The Balaban J connectivity index is 1.46. The van der Waals surface area contributed by atoms with Gasteiger partial charge in [0.2, 0.25) is 0 Å². The Kier molecular flexibility index (Phi) is 9.95. The topological polar surface area (TPSA) is 78.6 Å². The summed E-state index contributed by atoms with van der Waals surface area (Å²) in [5.74, 6) is 3.24. The van der Waals surface area contributed by atoms with E-state index in [1.165, 1.54) is 12.0 Å². The molecule has 0 amide bonds. The van der Waals surface area contributed by atoms with Gasteiger partial charge in [0.1, 0.15) is 11.5 Å². The lowest BCUT2D eigenvalue weighted by Gasteiger charge is -2.10. The Morgan fingerprint density at radius 3 is 2.58 bits per heavy atom. The van der Waals surface area contributed by atoms with E-state index in [4.69, 9.17) is 14.3 Å². The van der Waals surface area contributed by atoms with Gasteiger partial charge in [0, 0.05) is 37.8 Å². The Labute approximate surface area is 197 Å². The van der Waals surface area contributed by atoms with Crippen molar-refractivity contribution in [2.45, 2.75) is 77.6 Å². The zero-order valence-corrected chi connectivity index (χ0v) is 20.1. The van der Waals surface area contributed by atoms with E-state index in [1.54, 1.807) is 6.07 Å². The average molecular weight is 454 g/mol. The maximum Gasteiger partial charge on any atom is 0.161 e. The first-order chi connectivity index (χ1) is 16.1.